The Hall–Kier alpha value is -1.91. The van der Waals surface area contributed by atoms with E-state index in [1.807, 2.05) is 0 Å². The van der Waals surface area contributed by atoms with Crippen LogP contribution in [0.15, 0.2) is 18.2 Å². The second-order valence-corrected chi connectivity index (χ2v) is 8.04. The molecule has 4 aliphatic rings. The van der Waals surface area contributed by atoms with Crippen LogP contribution in [0.3, 0.4) is 0 Å². The molecule has 1 aromatic carbocycles. The van der Waals surface area contributed by atoms with E-state index >= 15 is 0 Å². The van der Waals surface area contributed by atoms with Gasteiger partial charge in [-0.05, 0) is 74.5 Å². The van der Waals surface area contributed by atoms with E-state index in [1.165, 1.54) is 38.5 Å². The Kier molecular flexibility index (Phi) is 4.05. The molecule has 0 atom stereocenters. The third-order valence-electron chi connectivity index (χ3n) is 6.27. The first-order valence-electron chi connectivity index (χ1n) is 9.03. The normalized spacial score (nSPS) is 32.5. The predicted molar refractivity (Wildman–Crippen MR) is 88.8 cm³/mol. The van der Waals surface area contributed by atoms with Gasteiger partial charge in [0.15, 0.2) is 6.61 Å². The van der Waals surface area contributed by atoms with Crippen molar-refractivity contribution in [2.24, 2.45) is 23.2 Å². The highest BCUT2D eigenvalue weighted by Crippen LogP contribution is 2.60. The van der Waals surface area contributed by atoms with Gasteiger partial charge in [0.25, 0.3) is 0 Å². The smallest absolute Gasteiger partial charge is 0.312 e. The van der Waals surface area contributed by atoms with Crippen molar-refractivity contribution in [1.82, 2.24) is 0 Å². The van der Waals surface area contributed by atoms with Crippen molar-refractivity contribution >= 4 is 11.8 Å². The Bertz CT molecular complexity index is 676. The summed E-state index contributed by atoms with van der Waals surface area (Å²) in [4.78, 5) is 25.2. The van der Waals surface area contributed by atoms with E-state index in [-0.39, 0.29) is 29.3 Å². The standard InChI is InChI=1S/C20H23FO4/c1-24-18-3-2-15(21)7-16(18)17(22)11-25-19(23)20-8-12-4-13(9-20)6-14(5-12)10-20/h2-3,7,12-14H,4-6,8-11H2,1H3. The van der Waals surface area contributed by atoms with Crippen molar-refractivity contribution in [3.8, 4) is 5.75 Å². The Labute approximate surface area is 146 Å². The van der Waals surface area contributed by atoms with Crippen molar-refractivity contribution < 1.29 is 23.5 Å². The number of Topliss-reactive ketones (excluding diaryl/α,β-unsaturated/α-hetero) is 1. The Morgan fingerprint density at radius 2 is 1.72 bits per heavy atom. The summed E-state index contributed by atoms with van der Waals surface area (Å²) < 4.78 is 23.9. The number of hydrogen-bond acceptors (Lipinski definition) is 4. The number of ketones is 1. The van der Waals surface area contributed by atoms with Gasteiger partial charge < -0.3 is 9.47 Å². The van der Waals surface area contributed by atoms with E-state index < -0.39 is 11.6 Å². The maximum atomic E-state index is 13.4. The summed E-state index contributed by atoms with van der Waals surface area (Å²) in [6.45, 7) is -0.361. The van der Waals surface area contributed by atoms with Crippen molar-refractivity contribution in [3.05, 3.63) is 29.6 Å². The fraction of sp³-hybridized carbons (Fsp3) is 0.600. The molecule has 0 heterocycles. The van der Waals surface area contributed by atoms with Crippen LogP contribution in [0.25, 0.3) is 0 Å². The summed E-state index contributed by atoms with van der Waals surface area (Å²) in [6.07, 6.45) is 6.42. The van der Waals surface area contributed by atoms with Crippen LogP contribution < -0.4 is 4.74 Å². The minimum atomic E-state index is -0.517. The first-order chi connectivity index (χ1) is 12.0. The number of benzene rings is 1. The third-order valence-corrected chi connectivity index (χ3v) is 6.27. The van der Waals surface area contributed by atoms with Gasteiger partial charge in [-0.25, -0.2) is 4.39 Å². The second kappa shape index (κ2) is 6.11. The van der Waals surface area contributed by atoms with Crippen LogP contribution in [-0.2, 0) is 9.53 Å². The number of carbonyl (C=O) groups is 2. The molecule has 0 spiro atoms. The lowest BCUT2D eigenvalue weighted by Gasteiger charge is -2.55. The van der Waals surface area contributed by atoms with Crippen molar-refractivity contribution in [3.63, 3.8) is 0 Å². The molecular formula is C20H23FO4. The van der Waals surface area contributed by atoms with E-state index in [0.29, 0.717) is 17.8 Å². The van der Waals surface area contributed by atoms with Gasteiger partial charge in [0.2, 0.25) is 5.78 Å². The zero-order valence-electron chi connectivity index (χ0n) is 14.4. The van der Waals surface area contributed by atoms with E-state index in [4.69, 9.17) is 9.47 Å². The number of esters is 1. The van der Waals surface area contributed by atoms with Crippen LogP contribution in [0.4, 0.5) is 4.39 Å². The summed E-state index contributed by atoms with van der Waals surface area (Å²) in [5.74, 6) is 1.01. The molecule has 0 amide bonds. The number of hydrogen-bond donors (Lipinski definition) is 0. The molecule has 0 radical (unpaired) electrons. The first-order valence-corrected chi connectivity index (χ1v) is 9.03. The number of methoxy groups -OCH3 is 1. The molecule has 1 aromatic rings. The zero-order chi connectivity index (χ0) is 17.6. The van der Waals surface area contributed by atoms with Gasteiger partial charge in [0.1, 0.15) is 11.6 Å². The lowest BCUT2D eigenvalue weighted by Crippen LogP contribution is -2.50. The Morgan fingerprint density at radius 3 is 2.28 bits per heavy atom. The van der Waals surface area contributed by atoms with E-state index in [2.05, 4.69) is 0 Å². The van der Waals surface area contributed by atoms with Gasteiger partial charge >= 0.3 is 5.97 Å². The topological polar surface area (TPSA) is 52.6 Å². The van der Waals surface area contributed by atoms with Gasteiger partial charge in [0.05, 0.1) is 18.1 Å². The van der Waals surface area contributed by atoms with Crippen molar-refractivity contribution in [1.29, 1.82) is 0 Å². The summed E-state index contributed by atoms with van der Waals surface area (Å²) in [5, 5.41) is 0. The zero-order valence-corrected chi connectivity index (χ0v) is 14.4. The van der Waals surface area contributed by atoms with E-state index in [1.54, 1.807) is 0 Å². The minimum Gasteiger partial charge on any atom is -0.496 e. The van der Waals surface area contributed by atoms with Gasteiger partial charge in [-0.3, -0.25) is 9.59 Å². The van der Waals surface area contributed by atoms with E-state index in [0.717, 1.165) is 25.3 Å². The molecule has 0 aliphatic heterocycles. The molecule has 4 nitrogen and oxygen atoms in total. The molecule has 25 heavy (non-hydrogen) atoms. The number of halogens is 1. The third kappa shape index (κ3) is 2.94. The predicted octanol–water partition coefficient (Wildman–Crippen LogP) is 3.78. The summed E-state index contributed by atoms with van der Waals surface area (Å²) >= 11 is 0. The fourth-order valence-corrected chi connectivity index (χ4v) is 5.62. The summed E-state index contributed by atoms with van der Waals surface area (Å²) in [6, 6.07) is 3.76. The highest BCUT2D eigenvalue weighted by Gasteiger charge is 2.55. The molecule has 0 aromatic heterocycles. The van der Waals surface area contributed by atoms with Crippen LogP contribution in [0.1, 0.15) is 48.9 Å². The molecule has 0 N–H and O–H groups in total. The molecule has 4 bridgehead atoms. The highest BCUT2D eigenvalue weighted by atomic mass is 19.1. The van der Waals surface area contributed by atoms with Crippen LogP contribution in [0.2, 0.25) is 0 Å². The molecule has 4 saturated carbocycles. The van der Waals surface area contributed by atoms with Gasteiger partial charge in [-0.15, -0.1) is 0 Å². The molecule has 5 heteroatoms. The lowest BCUT2D eigenvalue weighted by atomic mass is 9.49. The summed E-state index contributed by atoms with van der Waals surface area (Å²) in [7, 11) is 1.42. The maximum absolute atomic E-state index is 13.4. The molecule has 4 fully saturated rings. The number of ether oxygens (including phenoxy) is 2. The molecule has 0 saturated heterocycles. The monoisotopic (exact) mass is 346 g/mol. The second-order valence-electron chi connectivity index (χ2n) is 8.04. The Balaban J connectivity index is 1.44. The SMILES string of the molecule is COc1ccc(F)cc1C(=O)COC(=O)C12CC3CC(CC(C3)C1)C2. The van der Waals surface area contributed by atoms with Gasteiger partial charge in [-0.1, -0.05) is 0 Å². The van der Waals surface area contributed by atoms with Crippen LogP contribution in [0, 0.1) is 29.0 Å². The molecule has 0 unspecified atom stereocenters. The van der Waals surface area contributed by atoms with Crippen molar-refractivity contribution in [2.45, 2.75) is 38.5 Å². The largest absolute Gasteiger partial charge is 0.496 e. The lowest BCUT2D eigenvalue weighted by molar-refractivity contribution is -0.170. The molecular weight excluding hydrogens is 323 g/mol. The average Bonchev–Trinajstić information content (AvgIpc) is 2.58. The van der Waals surface area contributed by atoms with Crippen LogP contribution >= 0.6 is 0 Å². The van der Waals surface area contributed by atoms with Gasteiger partial charge in [-0.2, -0.15) is 0 Å². The Morgan fingerprint density at radius 1 is 1.12 bits per heavy atom. The molecule has 134 valence electrons. The average molecular weight is 346 g/mol. The first kappa shape index (κ1) is 16.6. The van der Waals surface area contributed by atoms with Crippen LogP contribution in [-0.4, -0.2) is 25.5 Å². The summed E-state index contributed by atoms with van der Waals surface area (Å²) in [5.41, 5.74) is -0.276. The van der Waals surface area contributed by atoms with Crippen molar-refractivity contribution in [2.75, 3.05) is 13.7 Å². The number of carbonyl (C=O) groups excluding carboxylic acids is 2. The maximum Gasteiger partial charge on any atom is 0.312 e. The fourth-order valence-electron chi connectivity index (χ4n) is 5.62. The number of rotatable bonds is 5. The molecule has 4 aliphatic carbocycles. The quantitative estimate of drug-likeness (QED) is 0.601. The molecule has 5 rings (SSSR count). The van der Waals surface area contributed by atoms with Crippen LogP contribution in [0.5, 0.6) is 5.75 Å². The highest BCUT2D eigenvalue weighted by molar-refractivity contribution is 6.00. The van der Waals surface area contributed by atoms with Gasteiger partial charge in [0, 0.05) is 0 Å². The van der Waals surface area contributed by atoms with E-state index in [9.17, 15) is 14.0 Å². The minimum absolute atomic E-state index is 0.112.